The molecule has 0 aliphatic carbocycles. The molecule has 1 aliphatic heterocycles. The average Bonchev–Trinajstić information content (AvgIpc) is 2.79. The molecule has 1 heterocycles. The highest BCUT2D eigenvalue weighted by Crippen LogP contribution is 2.10. The molecule has 0 saturated carbocycles. The first-order chi connectivity index (χ1) is 10.5. The van der Waals surface area contributed by atoms with Crippen LogP contribution in [0.5, 0.6) is 0 Å². The molecule has 0 radical (unpaired) electrons. The van der Waals surface area contributed by atoms with Crippen LogP contribution in [0.1, 0.15) is 12.8 Å². The summed E-state index contributed by atoms with van der Waals surface area (Å²) in [5, 5.41) is 4.78. The van der Waals surface area contributed by atoms with Crippen molar-refractivity contribution in [2.75, 3.05) is 18.4 Å². The molecule has 1 aromatic rings. The van der Waals surface area contributed by atoms with Gasteiger partial charge in [0.1, 0.15) is 12.4 Å². The number of nitrogens with one attached hydrogen (secondary N) is 2. The highest BCUT2D eigenvalue weighted by molar-refractivity contribution is 6.04. The number of likely N-dealkylation sites (tertiary alicyclic amines) is 1. The summed E-state index contributed by atoms with van der Waals surface area (Å²) < 4.78 is 12.7. The monoisotopic (exact) mass is 307 g/mol. The number of halogens is 1. The molecule has 2 rings (SSSR count). The standard InChI is InChI=1S/C14H14FN3O4/c15-9-1-3-10(4-2-9)17-11(19)7-16-12(20)8-18-13(21)5-6-14(18)22/h1-4H,5-8H2,(H,16,20)(H,17,19). The van der Waals surface area contributed by atoms with Gasteiger partial charge in [-0.2, -0.15) is 0 Å². The van der Waals surface area contributed by atoms with Crippen molar-refractivity contribution in [1.29, 1.82) is 0 Å². The van der Waals surface area contributed by atoms with Crippen LogP contribution < -0.4 is 10.6 Å². The van der Waals surface area contributed by atoms with Crippen LogP contribution in [0, 0.1) is 5.82 Å². The second-order valence-corrected chi connectivity index (χ2v) is 4.71. The van der Waals surface area contributed by atoms with E-state index in [1.54, 1.807) is 0 Å². The van der Waals surface area contributed by atoms with Crippen LogP contribution in [-0.4, -0.2) is 41.6 Å². The minimum atomic E-state index is -0.599. The van der Waals surface area contributed by atoms with Crippen LogP contribution in [0.2, 0.25) is 0 Å². The Morgan fingerprint density at radius 1 is 1.05 bits per heavy atom. The Labute approximate surface area is 125 Å². The summed E-state index contributed by atoms with van der Waals surface area (Å²) in [4.78, 5) is 46.8. The van der Waals surface area contributed by atoms with E-state index >= 15 is 0 Å². The number of nitrogens with zero attached hydrogens (tertiary/aromatic N) is 1. The molecule has 2 N–H and O–H groups in total. The van der Waals surface area contributed by atoms with Crippen LogP contribution in [0.15, 0.2) is 24.3 Å². The van der Waals surface area contributed by atoms with E-state index in [0.29, 0.717) is 5.69 Å². The molecule has 0 bridgehead atoms. The van der Waals surface area contributed by atoms with Gasteiger partial charge in [0.25, 0.3) is 0 Å². The van der Waals surface area contributed by atoms with E-state index in [2.05, 4.69) is 10.6 Å². The van der Waals surface area contributed by atoms with Gasteiger partial charge >= 0.3 is 0 Å². The molecule has 0 atom stereocenters. The zero-order valence-corrected chi connectivity index (χ0v) is 11.6. The molecule has 22 heavy (non-hydrogen) atoms. The molecule has 1 aliphatic rings. The smallest absolute Gasteiger partial charge is 0.243 e. The van der Waals surface area contributed by atoms with E-state index in [4.69, 9.17) is 0 Å². The number of hydrogen-bond acceptors (Lipinski definition) is 4. The molecule has 8 heteroatoms. The predicted octanol–water partition coefficient (Wildman–Crippen LogP) is 0.0294. The largest absolute Gasteiger partial charge is 0.345 e. The van der Waals surface area contributed by atoms with Crippen LogP contribution in [-0.2, 0) is 19.2 Å². The van der Waals surface area contributed by atoms with Crippen molar-refractivity contribution >= 4 is 29.3 Å². The molecule has 1 aromatic carbocycles. The fourth-order valence-corrected chi connectivity index (χ4v) is 1.92. The Kier molecular flexibility index (Phi) is 4.82. The highest BCUT2D eigenvalue weighted by Gasteiger charge is 2.30. The van der Waals surface area contributed by atoms with Crippen molar-refractivity contribution in [3.8, 4) is 0 Å². The van der Waals surface area contributed by atoms with Crippen molar-refractivity contribution in [3.05, 3.63) is 30.1 Å². The maximum atomic E-state index is 12.7. The van der Waals surface area contributed by atoms with Gasteiger partial charge in [-0.25, -0.2) is 4.39 Å². The summed E-state index contributed by atoms with van der Waals surface area (Å²) in [6.07, 6.45) is 0.217. The number of carbonyl (C=O) groups is 4. The van der Waals surface area contributed by atoms with E-state index in [1.165, 1.54) is 24.3 Å². The lowest BCUT2D eigenvalue weighted by Crippen LogP contribution is -2.42. The number of anilines is 1. The lowest BCUT2D eigenvalue weighted by Gasteiger charge is -2.13. The van der Waals surface area contributed by atoms with Gasteiger partial charge in [0.2, 0.25) is 23.6 Å². The van der Waals surface area contributed by atoms with Gasteiger partial charge in [0.15, 0.2) is 0 Å². The average molecular weight is 307 g/mol. The second kappa shape index (κ2) is 6.79. The molecular formula is C14H14FN3O4. The SMILES string of the molecule is O=C(CN1C(=O)CCC1=O)NCC(=O)Nc1ccc(F)cc1. The number of rotatable bonds is 5. The lowest BCUT2D eigenvalue weighted by molar-refractivity contribution is -0.142. The third-order valence-electron chi connectivity index (χ3n) is 3.03. The fourth-order valence-electron chi connectivity index (χ4n) is 1.92. The van der Waals surface area contributed by atoms with Crippen molar-refractivity contribution in [3.63, 3.8) is 0 Å². The van der Waals surface area contributed by atoms with E-state index in [9.17, 15) is 23.6 Å². The first-order valence-electron chi connectivity index (χ1n) is 6.61. The van der Waals surface area contributed by atoms with Crippen LogP contribution in [0.25, 0.3) is 0 Å². The number of hydrogen-bond donors (Lipinski definition) is 2. The van der Waals surface area contributed by atoms with E-state index in [-0.39, 0.29) is 25.9 Å². The quantitative estimate of drug-likeness (QED) is 0.750. The third-order valence-corrected chi connectivity index (χ3v) is 3.03. The third kappa shape index (κ3) is 4.11. The summed E-state index contributed by atoms with van der Waals surface area (Å²) in [5.74, 6) is -2.31. The highest BCUT2D eigenvalue weighted by atomic mass is 19.1. The Morgan fingerprint density at radius 3 is 2.23 bits per heavy atom. The van der Waals surface area contributed by atoms with E-state index < -0.39 is 29.4 Å². The van der Waals surface area contributed by atoms with Crippen LogP contribution in [0.4, 0.5) is 10.1 Å². The van der Waals surface area contributed by atoms with Crippen molar-refractivity contribution in [2.45, 2.75) is 12.8 Å². The van der Waals surface area contributed by atoms with Gasteiger partial charge in [0, 0.05) is 18.5 Å². The Hall–Kier alpha value is -2.77. The molecule has 4 amide bonds. The topological polar surface area (TPSA) is 95.6 Å². The number of amides is 4. The maximum Gasteiger partial charge on any atom is 0.243 e. The normalized spacial score (nSPS) is 14.1. The maximum absolute atomic E-state index is 12.7. The second-order valence-electron chi connectivity index (χ2n) is 4.71. The molecule has 0 spiro atoms. The molecule has 7 nitrogen and oxygen atoms in total. The molecule has 116 valence electrons. The van der Waals surface area contributed by atoms with Gasteiger partial charge in [0.05, 0.1) is 6.54 Å². The van der Waals surface area contributed by atoms with Gasteiger partial charge in [-0.3, -0.25) is 24.1 Å². The minimum absolute atomic E-state index is 0.108. The molecule has 0 aromatic heterocycles. The Balaban J connectivity index is 1.76. The van der Waals surface area contributed by atoms with Crippen molar-refractivity contribution < 1.29 is 23.6 Å². The van der Waals surface area contributed by atoms with Gasteiger partial charge in [-0.15, -0.1) is 0 Å². The summed E-state index contributed by atoms with van der Waals surface area (Å²) >= 11 is 0. The fraction of sp³-hybridized carbons (Fsp3) is 0.286. The zero-order valence-electron chi connectivity index (χ0n) is 11.6. The molecule has 0 unspecified atom stereocenters. The number of carbonyl (C=O) groups excluding carboxylic acids is 4. The number of imide groups is 1. The number of benzene rings is 1. The van der Waals surface area contributed by atoms with Gasteiger partial charge in [-0.1, -0.05) is 0 Å². The Morgan fingerprint density at radius 2 is 1.64 bits per heavy atom. The van der Waals surface area contributed by atoms with Crippen molar-refractivity contribution in [2.24, 2.45) is 0 Å². The zero-order chi connectivity index (χ0) is 16.1. The molecular weight excluding hydrogens is 293 g/mol. The van der Waals surface area contributed by atoms with Crippen LogP contribution >= 0.6 is 0 Å². The van der Waals surface area contributed by atoms with Gasteiger partial charge in [-0.05, 0) is 24.3 Å². The summed E-state index contributed by atoms with van der Waals surface area (Å²) in [6, 6.07) is 5.16. The molecule has 1 fully saturated rings. The first kappa shape index (κ1) is 15.6. The summed E-state index contributed by atoms with van der Waals surface area (Å²) in [5.41, 5.74) is 0.394. The van der Waals surface area contributed by atoms with Crippen LogP contribution in [0.3, 0.4) is 0 Å². The Bertz CT molecular complexity index is 599. The van der Waals surface area contributed by atoms with E-state index in [1.807, 2.05) is 0 Å². The minimum Gasteiger partial charge on any atom is -0.345 e. The predicted molar refractivity (Wildman–Crippen MR) is 74.0 cm³/mol. The van der Waals surface area contributed by atoms with E-state index in [0.717, 1.165) is 4.90 Å². The lowest BCUT2D eigenvalue weighted by atomic mass is 10.3. The first-order valence-corrected chi connectivity index (χ1v) is 6.61. The summed E-state index contributed by atoms with van der Waals surface area (Å²) in [6.45, 7) is -0.700. The van der Waals surface area contributed by atoms with Gasteiger partial charge < -0.3 is 10.6 Å². The van der Waals surface area contributed by atoms with Crippen molar-refractivity contribution in [1.82, 2.24) is 10.2 Å². The molecule has 1 saturated heterocycles. The summed E-state index contributed by atoms with van der Waals surface area (Å²) in [7, 11) is 0.